The second-order valence-corrected chi connectivity index (χ2v) is 5.73. The van der Waals surface area contributed by atoms with Crippen LogP contribution in [0.4, 0.5) is 0 Å². The van der Waals surface area contributed by atoms with Crippen molar-refractivity contribution in [2.45, 2.75) is 20.0 Å². The van der Waals surface area contributed by atoms with Crippen LogP contribution in [0.5, 0.6) is 5.75 Å². The topological polar surface area (TPSA) is 43.2 Å². The SMILES string of the molecule is COc1ccc(CN(C)CCn2ccnc2C)c2cccnc12. The number of hydrogen-bond donors (Lipinski definition) is 0. The van der Waals surface area contributed by atoms with E-state index in [0.29, 0.717) is 0 Å². The molecular weight excluding hydrogens is 288 g/mol. The molecule has 0 saturated heterocycles. The number of hydrogen-bond acceptors (Lipinski definition) is 4. The van der Waals surface area contributed by atoms with Gasteiger partial charge in [-0.1, -0.05) is 12.1 Å². The van der Waals surface area contributed by atoms with Gasteiger partial charge in [0, 0.05) is 43.6 Å². The van der Waals surface area contributed by atoms with E-state index in [-0.39, 0.29) is 0 Å². The lowest BCUT2D eigenvalue weighted by atomic mass is 10.1. The van der Waals surface area contributed by atoms with Crippen molar-refractivity contribution in [3.8, 4) is 5.75 Å². The zero-order valence-electron chi connectivity index (χ0n) is 13.9. The maximum absolute atomic E-state index is 5.41. The molecule has 0 fully saturated rings. The van der Waals surface area contributed by atoms with Crippen LogP contribution < -0.4 is 4.74 Å². The zero-order valence-corrected chi connectivity index (χ0v) is 13.9. The molecule has 0 radical (unpaired) electrons. The molecule has 120 valence electrons. The average Bonchev–Trinajstić information content (AvgIpc) is 2.98. The molecule has 1 aromatic carbocycles. The van der Waals surface area contributed by atoms with Crippen molar-refractivity contribution < 1.29 is 4.74 Å². The minimum absolute atomic E-state index is 0.820. The highest BCUT2D eigenvalue weighted by Gasteiger charge is 2.09. The second-order valence-electron chi connectivity index (χ2n) is 5.73. The number of aromatic nitrogens is 3. The fourth-order valence-electron chi connectivity index (χ4n) is 2.80. The number of imidazole rings is 1. The number of benzene rings is 1. The summed E-state index contributed by atoms with van der Waals surface area (Å²) in [6.07, 6.45) is 5.67. The minimum Gasteiger partial charge on any atom is -0.494 e. The van der Waals surface area contributed by atoms with Crippen molar-refractivity contribution in [3.05, 3.63) is 54.2 Å². The maximum atomic E-state index is 5.41. The average molecular weight is 310 g/mol. The van der Waals surface area contributed by atoms with Crippen molar-refractivity contribution >= 4 is 10.9 Å². The quantitative estimate of drug-likeness (QED) is 0.702. The Bertz CT molecular complexity index is 797. The van der Waals surface area contributed by atoms with E-state index in [1.165, 1.54) is 5.56 Å². The van der Waals surface area contributed by atoms with Gasteiger partial charge in [0.15, 0.2) is 0 Å². The normalized spacial score (nSPS) is 11.3. The lowest BCUT2D eigenvalue weighted by Gasteiger charge is -2.19. The van der Waals surface area contributed by atoms with Gasteiger partial charge in [0.05, 0.1) is 7.11 Å². The molecule has 0 N–H and O–H groups in total. The van der Waals surface area contributed by atoms with Gasteiger partial charge in [-0.2, -0.15) is 0 Å². The molecule has 0 bridgehead atoms. The third-order valence-electron chi connectivity index (χ3n) is 4.13. The maximum Gasteiger partial charge on any atom is 0.145 e. The summed E-state index contributed by atoms with van der Waals surface area (Å²) >= 11 is 0. The third-order valence-corrected chi connectivity index (χ3v) is 4.13. The molecule has 3 rings (SSSR count). The predicted molar refractivity (Wildman–Crippen MR) is 91.6 cm³/mol. The van der Waals surface area contributed by atoms with Crippen LogP contribution in [0.3, 0.4) is 0 Å². The number of pyridine rings is 1. The van der Waals surface area contributed by atoms with Crippen molar-refractivity contribution in [1.82, 2.24) is 19.4 Å². The highest BCUT2D eigenvalue weighted by molar-refractivity contribution is 5.87. The Morgan fingerprint density at radius 3 is 2.78 bits per heavy atom. The molecule has 0 aliphatic heterocycles. The van der Waals surface area contributed by atoms with Crippen LogP contribution >= 0.6 is 0 Å². The van der Waals surface area contributed by atoms with E-state index in [9.17, 15) is 0 Å². The van der Waals surface area contributed by atoms with Crippen LogP contribution in [0.1, 0.15) is 11.4 Å². The van der Waals surface area contributed by atoms with E-state index in [1.54, 1.807) is 13.3 Å². The van der Waals surface area contributed by atoms with E-state index in [0.717, 1.165) is 42.1 Å². The van der Waals surface area contributed by atoms with Gasteiger partial charge in [0.2, 0.25) is 0 Å². The predicted octanol–water partition coefficient (Wildman–Crippen LogP) is 2.88. The van der Waals surface area contributed by atoms with Gasteiger partial charge in [-0.05, 0) is 31.7 Å². The van der Waals surface area contributed by atoms with Gasteiger partial charge >= 0.3 is 0 Å². The first-order valence-corrected chi connectivity index (χ1v) is 7.76. The molecule has 2 aromatic heterocycles. The third kappa shape index (κ3) is 3.35. The fourth-order valence-corrected chi connectivity index (χ4v) is 2.80. The first kappa shape index (κ1) is 15.5. The summed E-state index contributed by atoms with van der Waals surface area (Å²) in [5.74, 6) is 1.87. The van der Waals surface area contributed by atoms with Crippen LogP contribution in [-0.4, -0.2) is 40.1 Å². The Balaban J connectivity index is 1.75. The molecule has 0 amide bonds. The van der Waals surface area contributed by atoms with Gasteiger partial charge in [0.25, 0.3) is 0 Å². The number of ether oxygens (including phenoxy) is 1. The molecule has 5 heteroatoms. The number of fused-ring (bicyclic) bond motifs is 1. The van der Waals surface area contributed by atoms with Crippen LogP contribution in [0, 0.1) is 6.92 Å². The van der Waals surface area contributed by atoms with Crippen molar-refractivity contribution in [1.29, 1.82) is 0 Å². The lowest BCUT2D eigenvalue weighted by molar-refractivity contribution is 0.311. The number of aryl methyl sites for hydroxylation is 1. The molecule has 0 spiro atoms. The Hall–Kier alpha value is -2.40. The number of likely N-dealkylation sites (N-methyl/N-ethyl adjacent to an activating group) is 1. The Kier molecular flexibility index (Phi) is 4.57. The fraction of sp³-hybridized carbons (Fsp3) is 0.333. The van der Waals surface area contributed by atoms with E-state index in [4.69, 9.17) is 4.74 Å². The van der Waals surface area contributed by atoms with Gasteiger partial charge in [-0.25, -0.2) is 4.98 Å². The van der Waals surface area contributed by atoms with E-state index in [1.807, 2.05) is 31.5 Å². The lowest BCUT2D eigenvalue weighted by Crippen LogP contribution is -2.23. The first-order valence-electron chi connectivity index (χ1n) is 7.76. The van der Waals surface area contributed by atoms with Crippen molar-refractivity contribution in [2.24, 2.45) is 0 Å². The Morgan fingerprint density at radius 1 is 1.17 bits per heavy atom. The molecule has 0 saturated carbocycles. The summed E-state index contributed by atoms with van der Waals surface area (Å²) < 4.78 is 7.58. The summed E-state index contributed by atoms with van der Waals surface area (Å²) in [6.45, 7) is 4.81. The summed E-state index contributed by atoms with van der Waals surface area (Å²) in [7, 11) is 3.82. The van der Waals surface area contributed by atoms with Crippen LogP contribution in [0.2, 0.25) is 0 Å². The van der Waals surface area contributed by atoms with Crippen molar-refractivity contribution in [2.75, 3.05) is 20.7 Å². The molecule has 23 heavy (non-hydrogen) atoms. The number of methoxy groups -OCH3 is 1. The summed E-state index contributed by atoms with van der Waals surface area (Å²) in [4.78, 5) is 11.0. The van der Waals surface area contributed by atoms with Gasteiger partial charge in [-0.15, -0.1) is 0 Å². The highest BCUT2D eigenvalue weighted by atomic mass is 16.5. The van der Waals surface area contributed by atoms with Crippen LogP contribution in [-0.2, 0) is 13.1 Å². The Labute approximate surface area is 136 Å². The molecule has 0 aliphatic carbocycles. The summed E-state index contributed by atoms with van der Waals surface area (Å²) in [5, 5.41) is 1.15. The molecule has 0 aliphatic rings. The van der Waals surface area contributed by atoms with Gasteiger partial charge < -0.3 is 14.2 Å². The molecule has 5 nitrogen and oxygen atoms in total. The van der Waals surface area contributed by atoms with Crippen LogP contribution in [0.15, 0.2) is 42.9 Å². The van der Waals surface area contributed by atoms with Gasteiger partial charge in [0.1, 0.15) is 17.1 Å². The number of nitrogens with zero attached hydrogens (tertiary/aromatic N) is 4. The number of rotatable bonds is 6. The molecule has 0 atom stereocenters. The Morgan fingerprint density at radius 2 is 2.04 bits per heavy atom. The monoisotopic (exact) mass is 310 g/mol. The molecule has 3 aromatic rings. The smallest absolute Gasteiger partial charge is 0.145 e. The van der Waals surface area contributed by atoms with E-state index in [2.05, 4.69) is 38.6 Å². The summed E-state index contributed by atoms with van der Waals surface area (Å²) in [5.41, 5.74) is 2.19. The standard InChI is InChI=1S/C18H22N4O/c1-14-19-9-10-22(14)12-11-21(2)13-15-6-7-17(23-3)18-16(15)5-4-8-20-18/h4-10H,11-13H2,1-3H3. The summed E-state index contributed by atoms with van der Waals surface area (Å²) in [6, 6.07) is 8.20. The molecular formula is C18H22N4O. The molecule has 2 heterocycles. The van der Waals surface area contributed by atoms with Gasteiger partial charge in [-0.3, -0.25) is 4.98 Å². The van der Waals surface area contributed by atoms with Crippen molar-refractivity contribution in [3.63, 3.8) is 0 Å². The van der Waals surface area contributed by atoms with E-state index >= 15 is 0 Å². The highest BCUT2D eigenvalue weighted by Crippen LogP contribution is 2.27. The van der Waals surface area contributed by atoms with E-state index < -0.39 is 0 Å². The minimum atomic E-state index is 0.820. The second kappa shape index (κ2) is 6.79. The molecule has 0 unspecified atom stereocenters. The first-order chi connectivity index (χ1) is 11.2. The zero-order chi connectivity index (χ0) is 16.2. The largest absolute Gasteiger partial charge is 0.494 e. The van der Waals surface area contributed by atoms with Crippen LogP contribution in [0.25, 0.3) is 10.9 Å².